The van der Waals surface area contributed by atoms with E-state index in [1.54, 1.807) is 44.2 Å². The zero-order valence-corrected chi connectivity index (χ0v) is 40.3. The summed E-state index contributed by atoms with van der Waals surface area (Å²) in [6.07, 6.45) is 6.07. The first-order chi connectivity index (χ1) is 32.3. The van der Waals surface area contributed by atoms with E-state index >= 15 is 0 Å². The third kappa shape index (κ3) is 17.9. The molecule has 0 saturated carbocycles. The summed E-state index contributed by atoms with van der Waals surface area (Å²) < 4.78 is 37.1. The molecule has 0 radical (unpaired) electrons. The second-order valence-electron chi connectivity index (χ2n) is 17.9. The summed E-state index contributed by atoms with van der Waals surface area (Å²) in [4.78, 5) is 84.2. The standard InChI is InChI=1S/C50H66N6O11S/c1-7-23-51-46(59)38-19-14-20-39(31-38)68(64,65)67-33-50(6,63)45(58)41(28-34(2)3)53-49(62)43(30-37-17-12-9-13-18-37)55-48(61)42(29-35(4)5)54-47(60)40(22-21-36-15-10-8-11-16-36)52-44(57)32-56-24-26-66-27-25-56/h1,8-20,31,34-35,40-43,63H,21-30,32-33H2,2-6H3,(H,51,59)(H,52,57)(H,53,62)(H,54,60)(H,55,61)/t40-,41-,42-,43-,50+/m0/s1. The van der Waals surface area contributed by atoms with E-state index in [1.807, 2.05) is 49.1 Å². The van der Waals surface area contributed by atoms with Crippen LogP contribution in [-0.2, 0) is 55.9 Å². The minimum Gasteiger partial charge on any atom is -0.380 e. The molecule has 0 unspecified atom stereocenters. The number of hydrogen-bond donors (Lipinski definition) is 6. The van der Waals surface area contributed by atoms with Crippen LogP contribution >= 0.6 is 0 Å². The topological polar surface area (TPSA) is 239 Å². The smallest absolute Gasteiger partial charge is 0.297 e. The quantitative estimate of drug-likeness (QED) is 0.0503. The highest BCUT2D eigenvalue weighted by Gasteiger charge is 2.40. The zero-order valence-electron chi connectivity index (χ0n) is 39.5. The fourth-order valence-corrected chi connectivity index (χ4v) is 8.48. The molecule has 0 spiro atoms. The fraction of sp³-hybridized carbons (Fsp3) is 0.480. The van der Waals surface area contributed by atoms with Gasteiger partial charge in [0, 0.05) is 25.1 Å². The lowest BCUT2D eigenvalue weighted by molar-refractivity contribution is -0.143. The van der Waals surface area contributed by atoms with E-state index in [4.69, 9.17) is 15.3 Å². The van der Waals surface area contributed by atoms with E-state index in [0.29, 0.717) is 38.3 Å². The van der Waals surface area contributed by atoms with Gasteiger partial charge < -0.3 is 36.4 Å². The number of carbonyl (C=O) groups excluding carboxylic acids is 6. The Balaban J connectivity index is 1.54. The minimum absolute atomic E-state index is 0.0158. The lowest BCUT2D eigenvalue weighted by Gasteiger charge is -2.30. The van der Waals surface area contributed by atoms with Crippen LogP contribution in [0.1, 0.15) is 75.4 Å². The van der Waals surface area contributed by atoms with E-state index in [2.05, 4.69) is 32.5 Å². The first-order valence-corrected chi connectivity index (χ1v) is 24.2. The van der Waals surface area contributed by atoms with Crippen LogP contribution in [0, 0.1) is 24.2 Å². The van der Waals surface area contributed by atoms with Crippen LogP contribution in [0.5, 0.6) is 0 Å². The van der Waals surface area contributed by atoms with Crippen molar-refractivity contribution in [1.82, 2.24) is 31.5 Å². The van der Waals surface area contributed by atoms with E-state index in [0.717, 1.165) is 18.6 Å². The van der Waals surface area contributed by atoms with Crippen LogP contribution in [0.25, 0.3) is 0 Å². The summed E-state index contributed by atoms with van der Waals surface area (Å²) in [5, 5.41) is 25.1. The summed E-state index contributed by atoms with van der Waals surface area (Å²) in [7, 11) is -4.62. The molecule has 368 valence electrons. The number of nitrogens with zero attached hydrogens (tertiary/aromatic N) is 1. The molecule has 68 heavy (non-hydrogen) atoms. The van der Waals surface area contributed by atoms with Gasteiger partial charge in [0.1, 0.15) is 30.3 Å². The fourth-order valence-electron chi connectivity index (χ4n) is 7.44. The van der Waals surface area contributed by atoms with Crippen molar-refractivity contribution < 1.29 is 51.2 Å². The Morgan fingerprint density at radius 3 is 1.94 bits per heavy atom. The first kappa shape index (κ1) is 54.6. The number of ether oxygens (including phenoxy) is 1. The molecule has 18 heteroatoms. The van der Waals surface area contributed by atoms with Crippen LogP contribution in [0.3, 0.4) is 0 Å². The van der Waals surface area contributed by atoms with Gasteiger partial charge in [-0.15, -0.1) is 6.42 Å². The largest absolute Gasteiger partial charge is 0.380 e. The Bertz CT molecular complexity index is 2310. The van der Waals surface area contributed by atoms with Gasteiger partial charge >= 0.3 is 0 Å². The van der Waals surface area contributed by atoms with Crippen molar-refractivity contribution in [1.29, 1.82) is 0 Å². The summed E-state index contributed by atoms with van der Waals surface area (Å²) in [6, 6.07) is 18.4. The van der Waals surface area contributed by atoms with Gasteiger partial charge in [-0.2, -0.15) is 8.42 Å². The van der Waals surface area contributed by atoms with Gasteiger partial charge in [-0.3, -0.25) is 37.9 Å². The van der Waals surface area contributed by atoms with Crippen LogP contribution in [0.15, 0.2) is 89.8 Å². The van der Waals surface area contributed by atoms with Crippen LogP contribution in [-0.4, -0.2) is 130 Å². The number of nitrogens with one attached hydrogen (secondary N) is 5. The predicted octanol–water partition coefficient (Wildman–Crippen LogP) is 2.31. The lowest BCUT2D eigenvalue weighted by atomic mass is 9.90. The van der Waals surface area contributed by atoms with Gasteiger partial charge in [-0.25, -0.2) is 0 Å². The molecule has 1 fully saturated rings. The van der Waals surface area contributed by atoms with Crippen molar-refractivity contribution >= 4 is 45.4 Å². The van der Waals surface area contributed by atoms with Gasteiger partial charge in [0.15, 0.2) is 5.78 Å². The number of Topliss-reactive ketones (excluding diaryl/α,β-unsaturated/α-hetero) is 1. The maximum absolute atomic E-state index is 14.4. The summed E-state index contributed by atoms with van der Waals surface area (Å²) in [6.45, 7) is 9.46. The number of aryl methyl sites for hydroxylation is 1. The molecular weight excluding hydrogens is 893 g/mol. The lowest BCUT2D eigenvalue weighted by Crippen LogP contribution is -2.60. The molecule has 1 aliphatic heterocycles. The van der Waals surface area contributed by atoms with E-state index < -0.39 is 80.8 Å². The Morgan fingerprint density at radius 1 is 0.765 bits per heavy atom. The number of morpholine rings is 1. The first-order valence-electron chi connectivity index (χ1n) is 22.8. The number of benzene rings is 3. The van der Waals surface area contributed by atoms with Crippen molar-refractivity contribution in [3.63, 3.8) is 0 Å². The molecule has 1 aliphatic rings. The summed E-state index contributed by atoms with van der Waals surface area (Å²) in [5.41, 5.74) is -0.857. The van der Waals surface area contributed by atoms with Gasteiger partial charge in [0.25, 0.3) is 16.0 Å². The van der Waals surface area contributed by atoms with Crippen molar-refractivity contribution in [2.75, 3.05) is 46.0 Å². The number of terminal acetylenes is 1. The molecule has 0 bridgehead atoms. The molecule has 0 aliphatic carbocycles. The highest BCUT2D eigenvalue weighted by molar-refractivity contribution is 7.86. The Labute approximate surface area is 400 Å². The zero-order chi connectivity index (χ0) is 49.9. The molecule has 17 nitrogen and oxygen atoms in total. The molecule has 4 rings (SSSR count). The molecule has 5 atom stereocenters. The predicted molar refractivity (Wildman–Crippen MR) is 255 cm³/mol. The molecule has 5 amide bonds. The van der Waals surface area contributed by atoms with Crippen molar-refractivity contribution in [3.05, 3.63) is 102 Å². The van der Waals surface area contributed by atoms with Gasteiger partial charge in [0.2, 0.25) is 23.6 Å². The number of amides is 5. The monoisotopic (exact) mass is 958 g/mol. The Kier molecular flexibility index (Phi) is 21.3. The van der Waals surface area contributed by atoms with Gasteiger partial charge in [-0.05, 0) is 73.8 Å². The highest BCUT2D eigenvalue weighted by atomic mass is 32.2. The molecular formula is C50H66N6O11S. The minimum atomic E-state index is -4.62. The number of carbonyl (C=O) groups is 6. The number of aliphatic hydroxyl groups is 1. The van der Waals surface area contributed by atoms with Crippen LogP contribution in [0.4, 0.5) is 0 Å². The maximum Gasteiger partial charge on any atom is 0.297 e. The average Bonchev–Trinajstić information content (AvgIpc) is 3.31. The van der Waals surface area contributed by atoms with E-state index in [9.17, 15) is 42.3 Å². The number of ketones is 1. The molecule has 1 heterocycles. The van der Waals surface area contributed by atoms with Gasteiger partial charge in [0.05, 0.1) is 37.2 Å². The van der Waals surface area contributed by atoms with Gasteiger partial charge in [-0.1, -0.05) is 100 Å². The maximum atomic E-state index is 14.4. The molecule has 3 aromatic rings. The Hall–Kier alpha value is -5.97. The Morgan fingerprint density at radius 2 is 1.32 bits per heavy atom. The van der Waals surface area contributed by atoms with Crippen molar-refractivity contribution in [2.45, 2.75) is 101 Å². The van der Waals surface area contributed by atoms with Crippen molar-refractivity contribution in [2.24, 2.45) is 11.8 Å². The second-order valence-corrected chi connectivity index (χ2v) is 19.5. The molecule has 6 N–H and O–H groups in total. The molecule has 0 aromatic heterocycles. The highest BCUT2D eigenvalue weighted by Crippen LogP contribution is 2.21. The molecule has 3 aromatic carbocycles. The SMILES string of the molecule is C#CCNC(=O)c1cccc(S(=O)(=O)OC[C@@](C)(O)C(=O)[C@H](CC(C)C)NC(=O)[C@H](Cc2ccccc2)NC(=O)[C@H](CC(C)C)NC(=O)[C@H](CCc2ccccc2)NC(=O)CN2CCOCC2)c1. The third-order valence-corrected chi connectivity index (χ3v) is 12.3. The normalized spacial score (nSPS) is 15.7. The molecule has 1 saturated heterocycles. The average molecular weight is 959 g/mol. The van der Waals surface area contributed by atoms with Crippen LogP contribution in [0.2, 0.25) is 0 Å². The van der Waals surface area contributed by atoms with Crippen LogP contribution < -0.4 is 26.6 Å². The number of rotatable bonds is 26. The van der Waals surface area contributed by atoms with Crippen molar-refractivity contribution in [3.8, 4) is 12.3 Å². The third-order valence-electron chi connectivity index (χ3n) is 11.0. The van der Waals surface area contributed by atoms with E-state index in [1.165, 1.54) is 18.2 Å². The summed E-state index contributed by atoms with van der Waals surface area (Å²) in [5.74, 6) is -2.04. The second kappa shape index (κ2) is 26.5. The van der Waals surface area contributed by atoms with E-state index in [-0.39, 0.29) is 62.1 Å². The summed E-state index contributed by atoms with van der Waals surface area (Å²) >= 11 is 0. The number of hydrogen-bond acceptors (Lipinski definition) is 12.